The molecule has 100 valence electrons. The van der Waals surface area contributed by atoms with Crippen LogP contribution in [0.4, 0.5) is 11.5 Å². The number of hydrogen-bond donors (Lipinski definition) is 1. The summed E-state index contributed by atoms with van der Waals surface area (Å²) in [7, 11) is 3.57. The number of methoxy groups -OCH3 is 1. The van der Waals surface area contributed by atoms with Gasteiger partial charge in [0.1, 0.15) is 17.4 Å². The van der Waals surface area contributed by atoms with Crippen LogP contribution >= 0.6 is 15.9 Å². The molecule has 0 aliphatic heterocycles. The zero-order valence-corrected chi connectivity index (χ0v) is 12.4. The van der Waals surface area contributed by atoms with Gasteiger partial charge in [-0.2, -0.15) is 0 Å². The largest absolute Gasteiger partial charge is 0.495 e. The fourth-order valence-corrected chi connectivity index (χ4v) is 2.07. The zero-order chi connectivity index (χ0) is 13.8. The highest BCUT2D eigenvalue weighted by Crippen LogP contribution is 2.33. The van der Waals surface area contributed by atoms with Crippen LogP contribution < -0.4 is 15.4 Å². The Labute approximate surface area is 120 Å². The lowest BCUT2D eigenvalue weighted by Crippen LogP contribution is -2.14. The number of ether oxygens (including phenoxy) is 1. The summed E-state index contributed by atoms with van der Waals surface area (Å²) in [6.07, 6.45) is 1.70. The summed E-state index contributed by atoms with van der Waals surface area (Å²) in [6, 6.07) is 7.64. The molecule has 0 spiro atoms. The van der Waals surface area contributed by atoms with E-state index in [4.69, 9.17) is 10.5 Å². The van der Waals surface area contributed by atoms with Gasteiger partial charge >= 0.3 is 0 Å². The SMILES string of the molecule is COc1ccc(Br)cc1N(C)c1ccnc(CN)n1. The first-order valence-electron chi connectivity index (χ1n) is 5.75. The van der Waals surface area contributed by atoms with Gasteiger partial charge in [0.25, 0.3) is 0 Å². The third-order valence-electron chi connectivity index (χ3n) is 2.72. The van der Waals surface area contributed by atoms with Gasteiger partial charge in [-0.3, -0.25) is 0 Å². The average molecular weight is 323 g/mol. The fourth-order valence-electron chi connectivity index (χ4n) is 1.72. The Morgan fingerprint density at radius 3 is 2.84 bits per heavy atom. The number of rotatable bonds is 4. The maximum Gasteiger partial charge on any atom is 0.144 e. The van der Waals surface area contributed by atoms with E-state index in [1.165, 1.54) is 0 Å². The van der Waals surface area contributed by atoms with Gasteiger partial charge in [-0.05, 0) is 24.3 Å². The maximum absolute atomic E-state index is 5.56. The van der Waals surface area contributed by atoms with Crippen LogP contribution in [0.2, 0.25) is 0 Å². The first-order valence-corrected chi connectivity index (χ1v) is 6.54. The Morgan fingerprint density at radius 2 is 2.16 bits per heavy atom. The summed E-state index contributed by atoms with van der Waals surface area (Å²) in [5.74, 6) is 2.16. The molecule has 2 N–H and O–H groups in total. The van der Waals surface area contributed by atoms with Gasteiger partial charge in [-0.1, -0.05) is 15.9 Å². The van der Waals surface area contributed by atoms with E-state index in [1.807, 2.05) is 36.2 Å². The van der Waals surface area contributed by atoms with Crippen molar-refractivity contribution in [1.82, 2.24) is 9.97 Å². The Hall–Kier alpha value is -1.66. The second-order valence-electron chi connectivity index (χ2n) is 3.91. The highest BCUT2D eigenvalue weighted by molar-refractivity contribution is 9.10. The van der Waals surface area contributed by atoms with E-state index in [1.54, 1.807) is 13.3 Å². The van der Waals surface area contributed by atoms with Crippen molar-refractivity contribution in [2.24, 2.45) is 5.73 Å². The number of aromatic nitrogens is 2. The topological polar surface area (TPSA) is 64.3 Å². The predicted octanol–water partition coefficient (Wildman–Crippen LogP) is 2.47. The predicted molar refractivity (Wildman–Crippen MR) is 78.7 cm³/mol. The van der Waals surface area contributed by atoms with Gasteiger partial charge in [0.2, 0.25) is 0 Å². The molecular weight excluding hydrogens is 308 g/mol. The van der Waals surface area contributed by atoms with Crippen molar-refractivity contribution in [2.45, 2.75) is 6.54 Å². The van der Waals surface area contributed by atoms with Crippen LogP contribution in [-0.2, 0) is 6.54 Å². The minimum atomic E-state index is 0.317. The van der Waals surface area contributed by atoms with Crippen LogP contribution in [0.25, 0.3) is 0 Å². The molecule has 1 aromatic heterocycles. The van der Waals surface area contributed by atoms with Gasteiger partial charge in [-0.15, -0.1) is 0 Å². The van der Waals surface area contributed by atoms with E-state index in [0.29, 0.717) is 12.4 Å². The molecule has 5 nitrogen and oxygen atoms in total. The van der Waals surface area contributed by atoms with Gasteiger partial charge < -0.3 is 15.4 Å². The number of anilines is 2. The number of nitrogens with zero attached hydrogens (tertiary/aromatic N) is 3. The van der Waals surface area contributed by atoms with Crippen molar-refractivity contribution in [3.05, 3.63) is 40.8 Å². The normalized spacial score (nSPS) is 10.3. The average Bonchev–Trinajstić information content (AvgIpc) is 2.46. The molecule has 0 fully saturated rings. The van der Waals surface area contributed by atoms with Crippen LogP contribution in [0.1, 0.15) is 5.82 Å². The molecule has 0 saturated carbocycles. The van der Waals surface area contributed by atoms with E-state index in [9.17, 15) is 0 Å². The molecule has 19 heavy (non-hydrogen) atoms. The summed E-state index contributed by atoms with van der Waals surface area (Å²) < 4.78 is 6.34. The first-order chi connectivity index (χ1) is 9.15. The molecule has 0 amide bonds. The quantitative estimate of drug-likeness (QED) is 0.936. The third kappa shape index (κ3) is 3.02. The van der Waals surface area contributed by atoms with Crippen molar-refractivity contribution < 1.29 is 4.74 Å². The molecule has 1 heterocycles. The summed E-state index contributed by atoms with van der Waals surface area (Å²) >= 11 is 3.46. The van der Waals surface area contributed by atoms with Crippen LogP contribution in [-0.4, -0.2) is 24.1 Å². The second kappa shape index (κ2) is 5.99. The molecule has 0 radical (unpaired) electrons. The van der Waals surface area contributed by atoms with Crippen molar-refractivity contribution >= 4 is 27.4 Å². The lowest BCUT2D eigenvalue weighted by Gasteiger charge is -2.21. The lowest BCUT2D eigenvalue weighted by atomic mass is 10.2. The first kappa shape index (κ1) is 13.8. The van der Waals surface area contributed by atoms with Crippen molar-refractivity contribution in [1.29, 1.82) is 0 Å². The van der Waals surface area contributed by atoms with Gasteiger partial charge in [0, 0.05) is 17.7 Å². The highest BCUT2D eigenvalue weighted by atomic mass is 79.9. The molecule has 0 unspecified atom stereocenters. The van der Waals surface area contributed by atoms with Crippen LogP contribution in [0.3, 0.4) is 0 Å². The second-order valence-corrected chi connectivity index (χ2v) is 4.83. The van der Waals surface area contributed by atoms with Gasteiger partial charge in [-0.25, -0.2) is 9.97 Å². The molecule has 0 bridgehead atoms. The minimum absolute atomic E-state index is 0.317. The van der Waals surface area contributed by atoms with Crippen molar-refractivity contribution in [3.63, 3.8) is 0 Å². The Balaban J connectivity index is 2.42. The highest BCUT2D eigenvalue weighted by Gasteiger charge is 2.12. The lowest BCUT2D eigenvalue weighted by molar-refractivity contribution is 0.415. The van der Waals surface area contributed by atoms with Crippen LogP contribution in [0, 0.1) is 0 Å². The summed E-state index contributed by atoms with van der Waals surface area (Å²) in [4.78, 5) is 10.4. The summed E-state index contributed by atoms with van der Waals surface area (Å²) in [5.41, 5.74) is 6.48. The molecule has 2 rings (SSSR count). The standard InChI is InChI=1S/C13H15BrN4O/c1-18(13-5-6-16-12(8-15)17-13)10-7-9(14)3-4-11(10)19-2/h3-7H,8,15H2,1-2H3. The minimum Gasteiger partial charge on any atom is -0.495 e. The van der Waals surface area contributed by atoms with Crippen LogP contribution in [0.15, 0.2) is 34.9 Å². The number of nitrogens with two attached hydrogens (primary N) is 1. The molecule has 0 saturated heterocycles. The van der Waals surface area contributed by atoms with Gasteiger partial charge in [0.05, 0.1) is 19.3 Å². The Bertz CT molecular complexity index is 576. The third-order valence-corrected chi connectivity index (χ3v) is 3.21. The van der Waals surface area contributed by atoms with E-state index in [2.05, 4.69) is 25.9 Å². The van der Waals surface area contributed by atoms with E-state index < -0.39 is 0 Å². The Kier molecular flexibility index (Phi) is 4.34. The number of hydrogen-bond acceptors (Lipinski definition) is 5. The van der Waals surface area contributed by atoms with Crippen molar-refractivity contribution in [3.8, 4) is 5.75 Å². The monoisotopic (exact) mass is 322 g/mol. The summed E-state index contributed by atoms with van der Waals surface area (Å²) in [5, 5.41) is 0. The maximum atomic E-state index is 5.56. The zero-order valence-electron chi connectivity index (χ0n) is 10.8. The number of benzene rings is 1. The Morgan fingerprint density at radius 1 is 1.37 bits per heavy atom. The number of halogens is 1. The molecule has 0 aliphatic carbocycles. The summed E-state index contributed by atoms with van der Waals surface area (Å²) in [6.45, 7) is 0.317. The molecule has 0 aliphatic rings. The molecule has 1 aromatic carbocycles. The smallest absolute Gasteiger partial charge is 0.144 e. The fraction of sp³-hybridized carbons (Fsp3) is 0.231. The van der Waals surface area contributed by atoms with E-state index in [0.717, 1.165) is 21.7 Å². The molecule has 0 atom stereocenters. The van der Waals surface area contributed by atoms with Crippen molar-refractivity contribution in [2.75, 3.05) is 19.1 Å². The van der Waals surface area contributed by atoms with Gasteiger partial charge in [0.15, 0.2) is 0 Å². The van der Waals surface area contributed by atoms with E-state index in [-0.39, 0.29) is 0 Å². The molecule has 2 aromatic rings. The van der Waals surface area contributed by atoms with Crippen LogP contribution in [0.5, 0.6) is 5.75 Å². The molecule has 6 heteroatoms. The molecular formula is C13H15BrN4O. The van der Waals surface area contributed by atoms with E-state index >= 15 is 0 Å².